The van der Waals surface area contributed by atoms with Crippen LogP contribution >= 0.6 is 15.9 Å². The predicted molar refractivity (Wildman–Crippen MR) is 68.7 cm³/mol. The van der Waals surface area contributed by atoms with Gasteiger partial charge in [0.15, 0.2) is 0 Å². The molecule has 0 aliphatic carbocycles. The van der Waals surface area contributed by atoms with E-state index in [0.29, 0.717) is 31.9 Å². The standard InChI is InChI=1S/C12H17BrFNO2/c1-2-16-10(8-15)5-6-17-12-7-9(14)3-4-11(12)13/h3-4,7,10H,2,5-6,8,15H2,1H3. The van der Waals surface area contributed by atoms with Crippen LogP contribution in [0.3, 0.4) is 0 Å². The first kappa shape index (κ1) is 14.4. The van der Waals surface area contributed by atoms with E-state index in [1.54, 1.807) is 6.07 Å². The summed E-state index contributed by atoms with van der Waals surface area (Å²) >= 11 is 3.30. The van der Waals surface area contributed by atoms with Gasteiger partial charge in [-0.2, -0.15) is 0 Å². The third kappa shape index (κ3) is 5.02. The Morgan fingerprint density at radius 3 is 2.88 bits per heavy atom. The number of benzene rings is 1. The molecule has 0 aliphatic heterocycles. The lowest BCUT2D eigenvalue weighted by Crippen LogP contribution is -2.25. The van der Waals surface area contributed by atoms with Crippen LogP contribution in [0, 0.1) is 5.82 Å². The molecular formula is C12H17BrFNO2. The summed E-state index contributed by atoms with van der Waals surface area (Å²) in [6.45, 7) is 3.46. The average Bonchev–Trinajstić information content (AvgIpc) is 2.32. The summed E-state index contributed by atoms with van der Waals surface area (Å²) in [7, 11) is 0. The fraction of sp³-hybridized carbons (Fsp3) is 0.500. The molecule has 2 N–H and O–H groups in total. The van der Waals surface area contributed by atoms with Gasteiger partial charge in [-0.3, -0.25) is 0 Å². The molecule has 0 aromatic heterocycles. The smallest absolute Gasteiger partial charge is 0.136 e. The van der Waals surface area contributed by atoms with Gasteiger partial charge in [0, 0.05) is 25.6 Å². The van der Waals surface area contributed by atoms with Crippen LogP contribution < -0.4 is 10.5 Å². The first-order valence-electron chi connectivity index (χ1n) is 5.57. The molecule has 0 bridgehead atoms. The van der Waals surface area contributed by atoms with Crippen molar-refractivity contribution in [2.75, 3.05) is 19.8 Å². The molecule has 0 fully saturated rings. The summed E-state index contributed by atoms with van der Waals surface area (Å²) in [4.78, 5) is 0. The van der Waals surface area contributed by atoms with E-state index in [9.17, 15) is 4.39 Å². The minimum Gasteiger partial charge on any atom is -0.492 e. The van der Waals surface area contributed by atoms with Crippen LogP contribution in [0.2, 0.25) is 0 Å². The van der Waals surface area contributed by atoms with Gasteiger partial charge in [0.25, 0.3) is 0 Å². The van der Waals surface area contributed by atoms with Gasteiger partial charge in [0.1, 0.15) is 11.6 Å². The molecule has 0 radical (unpaired) electrons. The van der Waals surface area contributed by atoms with Crippen molar-refractivity contribution in [2.24, 2.45) is 5.73 Å². The zero-order valence-electron chi connectivity index (χ0n) is 9.79. The minimum absolute atomic E-state index is 0.00710. The topological polar surface area (TPSA) is 44.5 Å². The Kier molecular flexibility index (Phi) is 6.47. The van der Waals surface area contributed by atoms with Gasteiger partial charge in [-0.25, -0.2) is 4.39 Å². The number of hydrogen-bond donors (Lipinski definition) is 1. The van der Waals surface area contributed by atoms with Crippen LogP contribution in [0.15, 0.2) is 22.7 Å². The molecule has 96 valence electrons. The zero-order valence-corrected chi connectivity index (χ0v) is 11.4. The van der Waals surface area contributed by atoms with Crippen LogP contribution in [-0.2, 0) is 4.74 Å². The van der Waals surface area contributed by atoms with Crippen molar-refractivity contribution in [3.63, 3.8) is 0 Å². The summed E-state index contributed by atoms with van der Waals surface area (Å²) < 4.78 is 24.6. The van der Waals surface area contributed by atoms with Gasteiger partial charge >= 0.3 is 0 Å². The van der Waals surface area contributed by atoms with Crippen molar-refractivity contribution in [1.82, 2.24) is 0 Å². The number of halogens is 2. The van der Waals surface area contributed by atoms with Crippen LogP contribution in [0.25, 0.3) is 0 Å². The van der Waals surface area contributed by atoms with E-state index in [0.717, 1.165) is 4.47 Å². The molecule has 0 heterocycles. The van der Waals surface area contributed by atoms with Crippen molar-refractivity contribution in [3.05, 3.63) is 28.5 Å². The maximum absolute atomic E-state index is 13.0. The summed E-state index contributed by atoms with van der Waals surface area (Å²) in [6, 6.07) is 4.34. The highest BCUT2D eigenvalue weighted by atomic mass is 79.9. The molecule has 5 heteroatoms. The highest BCUT2D eigenvalue weighted by Crippen LogP contribution is 2.25. The first-order valence-corrected chi connectivity index (χ1v) is 6.36. The molecule has 0 amide bonds. The Labute approximate surface area is 109 Å². The van der Waals surface area contributed by atoms with Crippen LogP contribution in [-0.4, -0.2) is 25.9 Å². The molecule has 1 unspecified atom stereocenters. The molecule has 1 aromatic rings. The maximum Gasteiger partial charge on any atom is 0.136 e. The van der Waals surface area contributed by atoms with Gasteiger partial charge in [-0.15, -0.1) is 0 Å². The molecule has 1 rings (SSSR count). The largest absolute Gasteiger partial charge is 0.492 e. The Morgan fingerprint density at radius 1 is 1.47 bits per heavy atom. The quantitative estimate of drug-likeness (QED) is 0.842. The second kappa shape index (κ2) is 7.63. The third-order valence-electron chi connectivity index (χ3n) is 2.26. The van der Waals surface area contributed by atoms with Crippen LogP contribution in [0.1, 0.15) is 13.3 Å². The van der Waals surface area contributed by atoms with Crippen LogP contribution in [0.4, 0.5) is 4.39 Å². The molecule has 1 atom stereocenters. The summed E-state index contributed by atoms with van der Waals surface area (Å²) in [6.07, 6.45) is 0.681. The zero-order chi connectivity index (χ0) is 12.7. The molecular weight excluding hydrogens is 289 g/mol. The molecule has 17 heavy (non-hydrogen) atoms. The Morgan fingerprint density at radius 2 is 2.24 bits per heavy atom. The number of nitrogens with two attached hydrogens (primary N) is 1. The first-order chi connectivity index (χ1) is 8.17. The molecule has 0 spiro atoms. The number of ether oxygens (including phenoxy) is 2. The lowest BCUT2D eigenvalue weighted by Gasteiger charge is -2.15. The van der Waals surface area contributed by atoms with Gasteiger partial charge in [0.2, 0.25) is 0 Å². The lowest BCUT2D eigenvalue weighted by atomic mass is 10.2. The second-order valence-corrected chi connectivity index (χ2v) is 4.38. The van der Waals surface area contributed by atoms with E-state index in [1.165, 1.54) is 12.1 Å². The third-order valence-corrected chi connectivity index (χ3v) is 2.91. The number of rotatable bonds is 7. The van der Waals surface area contributed by atoms with E-state index in [2.05, 4.69) is 15.9 Å². The normalized spacial score (nSPS) is 12.5. The minimum atomic E-state index is -0.316. The number of hydrogen-bond acceptors (Lipinski definition) is 3. The van der Waals surface area contributed by atoms with E-state index in [-0.39, 0.29) is 11.9 Å². The van der Waals surface area contributed by atoms with Gasteiger partial charge in [-0.1, -0.05) is 0 Å². The van der Waals surface area contributed by atoms with Crippen LogP contribution in [0.5, 0.6) is 5.75 Å². The van der Waals surface area contributed by atoms with Crippen molar-refractivity contribution >= 4 is 15.9 Å². The summed E-state index contributed by atoms with van der Waals surface area (Å²) in [5.74, 6) is 0.181. The van der Waals surface area contributed by atoms with E-state index >= 15 is 0 Å². The Hall–Kier alpha value is -0.650. The molecule has 0 saturated carbocycles. The highest BCUT2D eigenvalue weighted by molar-refractivity contribution is 9.10. The SMILES string of the molecule is CCOC(CN)CCOc1cc(F)ccc1Br. The second-order valence-electron chi connectivity index (χ2n) is 3.52. The fourth-order valence-corrected chi connectivity index (χ4v) is 1.75. The molecule has 3 nitrogen and oxygen atoms in total. The summed E-state index contributed by atoms with van der Waals surface area (Å²) in [5.41, 5.74) is 5.54. The Balaban J connectivity index is 2.42. The van der Waals surface area contributed by atoms with Gasteiger partial charge in [-0.05, 0) is 35.0 Å². The molecule has 1 aromatic carbocycles. The maximum atomic E-state index is 13.0. The van der Waals surface area contributed by atoms with Crippen molar-refractivity contribution < 1.29 is 13.9 Å². The Bertz CT molecular complexity index is 349. The lowest BCUT2D eigenvalue weighted by molar-refractivity contribution is 0.0526. The van der Waals surface area contributed by atoms with Gasteiger partial charge < -0.3 is 15.2 Å². The predicted octanol–water partition coefficient (Wildman–Crippen LogP) is 2.72. The molecule has 0 aliphatic rings. The van der Waals surface area contributed by atoms with E-state index in [4.69, 9.17) is 15.2 Å². The van der Waals surface area contributed by atoms with E-state index < -0.39 is 0 Å². The van der Waals surface area contributed by atoms with Crippen molar-refractivity contribution in [3.8, 4) is 5.75 Å². The monoisotopic (exact) mass is 305 g/mol. The van der Waals surface area contributed by atoms with Gasteiger partial charge in [0.05, 0.1) is 17.2 Å². The average molecular weight is 306 g/mol. The van der Waals surface area contributed by atoms with Crippen molar-refractivity contribution in [2.45, 2.75) is 19.4 Å². The fourth-order valence-electron chi connectivity index (χ4n) is 1.39. The summed E-state index contributed by atoms with van der Waals surface area (Å²) in [5, 5.41) is 0. The van der Waals surface area contributed by atoms with Crippen molar-refractivity contribution in [1.29, 1.82) is 0 Å². The highest BCUT2D eigenvalue weighted by Gasteiger charge is 2.07. The molecule has 0 saturated heterocycles. The van der Waals surface area contributed by atoms with E-state index in [1.807, 2.05) is 6.92 Å².